The Morgan fingerprint density at radius 2 is 1.00 bits per heavy atom. The van der Waals surface area contributed by atoms with Gasteiger partial charge < -0.3 is 5.11 Å². The molecule has 0 aliphatic heterocycles. The van der Waals surface area contributed by atoms with E-state index in [1.54, 1.807) is 24.3 Å². The van der Waals surface area contributed by atoms with Gasteiger partial charge in [-0.1, -0.05) is 78.9 Å². The van der Waals surface area contributed by atoms with Crippen LogP contribution in [-0.4, -0.2) is 16.7 Å². The highest BCUT2D eigenvalue weighted by molar-refractivity contribution is 6.60. The molecule has 4 aliphatic rings. The first-order valence-electron chi connectivity index (χ1n) is 9.68. The van der Waals surface area contributed by atoms with Gasteiger partial charge in [0, 0.05) is 23.0 Å². The Balaban J connectivity index is 1.70. The van der Waals surface area contributed by atoms with Gasteiger partial charge >= 0.3 is 0 Å². The van der Waals surface area contributed by atoms with E-state index in [9.17, 15) is 14.7 Å². The summed E-state index contributed by atoms with van der Waals surface area (Å²) in [5.74, 6) is -1.77. The van der Waals surface area contributed by atoms with E-state index in [-0.39, 0.29) is 23.2 Å². The van der Waals surface area contributed by atoms with Crippen LogP contribution in [-0.2, 0) is 9.59 Å². The lowest BCUT2D eigenvalue weighted by molar-refractivity contribution is -0.131. The highest BCUT2D eigenvalue weighted by Gasteiger charge is 2.50. The number of Topliss-reactive ketones (excluding diaryl/α,β-unsaturated/α-hetero) is 2. The molecule has 0 saturated heterocycles. The monoisotopic (exact) mass is 376 g/mol. The van der Waals surface area contributed by atoms with Crippen molar-refractivity contribution in [1.29, 1.82) is 0 Å². The first-order chi connectivity index (χ1) is 14.2. The molecule has 7 rings (SSSR count). The van der Waals surface area contributed by atoms with E-state index in [0.29, 0.717) is 16.7 Å². The van der Waals surface area contributed by atoms with Gasteiger partial charge in [0.05, 0.1) is 5.57 Å². The fourth-order valence-electron chi connectivity index (χ4n) is 5.21. The van der Waals surface area contributed by atoms with Crippen molar-refractivity contribution in [3.63, 3.8) is 0 Å². The Morgan fingerprint density at radius 3 is 1.52 bits per heavy atom. The third kappa shape index (κ3) is 1.97. The first-order valence-corrected chi connectivity index (χ1v) is 9.68. The van der Waals surface area contributed by atoms with E-state index in [1.165, 1.54) is 0 Å². The maximum atomic E-state index is 13.3. The second kappa shape index (κ2) is 5.65. The van der Waals surface area contributed by atoms with Gasteiger partial charge in [-0.2, -0.15) is 0 Å². The van der Waals surface area contributed by atoms with Crippen LogP contribution in [0.4, 0.5) is 0 Å². The van der Waals surface area contributed by atoms with Gasteiger partial charge in [-0.15, -0.1) is 0 Å². The average molecular weight is 376 g/mol. The molecule has 0 saturated carbocycles. The number of hydrogen-bond acceptors (Lipinski definition) is 3. The van der Waals surface area contributed by atoms with Crippen LogP contribution in [0.2, 0.25) is 0 Å². The van der Waals surface area contributed by atoms with Gasteiger partial charge in [-0.3, -0.25) is 9.59 Å². The highest BCUT2D eigenvalue weighted by Crippen LogP contribution is 2.58. The van der Waals surface area contributed by atoms with Crippen LogP contribution < -0.4 is 0 Å². The smallest absolute Gasteiger partial charge is 0.237 e. The van der Waals surface area contributed by atoms with Crippen molar-refractivity contribution in [1.82, 2.24) is 0 Å². The van der Waals surface area contributed by atoms with Crippen molar-refractivity contribution in [2.75, 3.05) is 0 Å². The van der Waals surface area contributed by atoms with E-state index in [0.717, 1.165) is 22.3 Å². The zero-order valence-corrected chi connectivity index (χ0v) is 15.4. The zero-order chi connectivity index (χ0) is 19.7. The van der Waals surface area contributed by atoms with Crippen molar-refractivity contribution in [2.45, 2.75) is 11.8 Å². The van der Waals surface area contributed by atoms with Gasteiger partial charge in [0.2, 0.25) is 11.6 Å². The summed E-state index contributed by atoms with van der Waals surface area (Å²) in [4.78, 5) is 26.4. The molecule has 138 valence electrons. The number of aliphatic hydroxyl groups is 1. The zero-order valence-electron chi connectivity index (χ0n) is 15.4. The molecule has 1 N–H and O–H groups in total. The minimum atomic E-state index is -0.630. The normalized spacial score (nSPS) is 21.8. The summed E-state index contributed by atoms with van der Waals surface area (Å²) in [6.45, 7) is 0. The van der Waals surface area contributed by atoms with Crippen LogP contribution in [0.5, 0.6) is 0 Å². The third-order valence-corrected chi connectivity index (χ3v) is 6.34. The summed E-state index contributed by atoms with van der Waals surface area (Å²) in [5, 5.41) is 11.3. The third-order valence-electron chi connectivity index (χ3n) is 6.34. The molecule has 29 heavy (non-hydrogen) atoms. The lowest BCUT2D eigenvalue weighted by Gasteiger charge is -2.44. The van der Waals surface area contributed by atoms with Crippen LogP contribution in [0, 0.1) is 0 Å². The van der Waals surface area contributed by atoms with Crippen molar-refractivity contribution in [2.24, 2.45) is 0 Å². The molecule has 3 aromatic rings. The Bertz CT molecular complexity index is 1250. The van der Waals surface area contributed by atoms with Crippen molar-refractivity contribution in [3.05, 3.63) is 124 Å². The molecule has 0 aromatic heterocycles. The highest BCUT2D eigenvalue weighted by atomic mass is 16.3. The number of hydrogen-bond donors (Lipinski definition) is 1. The Labute approximate surface area is 167 Å². The largest absolute Gasteiger partial charge is 0.507 e. The quantitative estimate of drug-likeness (QED) is 0.495. The minimum Gasteiger partial charge on any atom is -0.507 e. The topological polar surface area (TPSA) is 54.4 Å². The number of ketones is 2. The Morgan fingerprint density at radius 1 is 0.552 bits per heavy atom. The van der Waals surface area contributed by atoms with Crippen LogP contribution in [0.25, 0.3) is 5.57 Å². The van der Waals surface area contributed by atoms with E-state index >= 15 is 0 Å². The van der Waals surface area contributed by atoms with Crippen LogP contribution in [0.3, 0.4) is 0 Å². The van der Waals surface area contributed by atoms with Gasteiger partial charge in [0.1, 0.15) is 5.76 Å². The minimum absolute atomic E-state index is 0.0604. The van der Waals surface area contributed by atoms with Gasteiger partial charge in [-0.25, -0.2) is 0 Å². The molecule has 0 amide bonds. The second-order valence-corrected chi connectivity index (χ2v) is 7.70. The van der Waals surface area contributed by atoms with E-state index in [2.05, 4.69) is 12.1 Å². The summed E-state index contributed by atoms with van der Waals surface area (Å²) in [6, 6.07) is 25.0. The summed E-state index contributed by atoms with van der Waals surface area (Å²) in [7, 11) is 0. The number of benzene rings is 3. The predicted octanol–water partition coefficient (Wildman–Crippen LogP) is 4.70. The fourth-order valence-corrected chi connectivity index (χ4v) is 5.21. The number of aliphatic hydroxyl groups excluding tert-OH is 1. The average Bonchev–Trinajstić information content (AvgIpc) is 2.78. The van der Waals surface area contributed by atoms with Crippen molar-refractivity contribution < 1.29 is 14.7 Å². The van der Waals surface area contributed by atoms with Crippen molar-refractivity contribution >= 4 is 17.1 Å². The number of rotatable bonds is 1. The number of carbonyl (C=O) groups is 2. The summed E-state index contributed by atoms with van der Waals surface area (Å²) in [5.41, 5.74) is 5.99. The molecule has 3 heteroatoms. The Hall–Kier alpha value is -3.72. The molecule has 0 radical (unpaired) electrons. The fraction of sp³-hybridized carbons (Fsp3) is 0.0769. The van der Waals surface area contributed by atoms with Gasteiger partial charge in [0.15, 0.2) is 0 Å². The van der Waals surface area contributed by atoms with E-state index in [4.69, 9.17) is 0 Å². The van der Waals surface area contributed by atoms with Crippen molar-refractivity contribution in [3.8, 4) is 0 Å². The molecule has 0 heterocycles. The maximum absolute atomic E-state index is 13.3. The Kier molecular flexibility index (Phi) is 3.16. The van der Waals surface area contributed by atoms with Gasteiger partial charge in [-0.05, 0) is 27.8 Å². The molecule has 3 aromatic carbocycles. The number of allylic oxidation sites excluding steroid dienone is 3. The lowest BCUT2D eigenvalue weighted by Crippen LogP contribution is -2.37. The molecule has 0 spiro atoms. The molecule has 3 nitrogen and oxygen atoms in total. The molecular weight excluding hydrogens is 360 g/mol. The predicted molar refractivity (Wildman–Crippen MR) is 110 cm³/mol. The standard InChI is InChI=1S/C26H16O3/c27-24-19(14-8-2-1-3-9-14)25(28)26(29)23-21-17-12-6-4-10-15(17)20(22(23)24)16-11-5-7-13-18(16)21/h1-13,20-21,27H. The molecule has 0 fully saturated rings. The lowest BCUT2D eigenvalue weighted by atomic mass is 9.58. The molecule has 2 bridgehead atoms. The molecule has 4 aliphatic carbocycles. The number of carbonyl (C=O) groups excluding carboxylic acids is 2. The molecule has 0 unspecified atom stereocenters. The van der Waals surface area contributed by atoms with E-state index < -0.39 is 11.6 Å². The summed E-state index contributed by atoms with van der Waals surface area (Å²) < 4.78 is 0. The van der Waals surface area contributed by atoms with E-state index in [1.807, 2.05) is 42.5 Å². The summed E-state index contributed by atoms with van der Waals surface area (Å²) >= 11 is 0. The maximum Gasteiger partial charge on any atom is 0.237 e. The second-order valence-electron chi connectivity index (χ2n) is 7.70. The van der Waals surface area contributed by atoms with Gasteiger partial charge in [0.25, 0.3) is 0 Å². The summed E-state index contributed by atoms with van der Waals surface area (Å²) in [6.07, 6.45) is 0. The van der Waals surface area contributed by atoms with Crippen LogP contribution >= 0.6 is 0 Å². The SMILES string of the molecule is O=C1C(=O)C2=C(C(O)=C1c1ccccc1)C1c3ccccc3C2c2ccccc21. The van der Waals surface area contributed by atoms with Crippen LogP contribution in [0.15, 0.2) is 95.8 Å². The molecule has 0 atom stereocenters. The first kappa shape index (κ1) is 16.3. The molecular formula is C26H16O3. The van der Waals surface area contributed by atoms with Crippen LogP contribution in [0.1, 0.15) is 39.7 Å².